The Hall–Kier alpha value is -2.20. The number of halogens is 1. The van der Waals surface area contributed by atoms with Crippen LogP contribution in [0.4, 0.5) is 5.69 Å². The summed E-state index contributed by atoms with van der Waals surface area (Å²) in [5.41, 5.74) is 2.67. The van der Waals surface area contributed by atoms with Gasteiger partial charge in [0.1, 0.15) is 0 Å². The highest BCUT2D eigenvalue weighted by Gasteiger charge is 2.25. The van der Waals surface area contributed by atoms with Crippen LogP contribution in [-0.4, -0.2) is 26.2 Å². The van der Waals surface area contributed by atoms with Gasteiger partial charge in [-0.25, -0.2) is 0 Å². The van der Waals surface area contributed by atoms with E-state index in [1.807, 2.05) is 30.0 Å². The number of methoxy groups -OCH3 is 1. The highest BCUT2D eigenvalue weighted by molar-refractivity contribution is 6.32. The average Bonchev–Trinajstić information content (AvgIpc) is 2.65. The smallest absolute Gasteiger partial charge is 0.258 e. The molecule has 1 heterocycles. The van der Waals surface area contributed by atoms with Crippen LogP contribution in [0.25, 0.3) is 0 Å². The fourth-order valence-corrected chi connectivity index (χ4v) is 3.35. The number of hydrogen-bond acceptors (Lipinski definition) is 3. The molecule has 2 aromatic rings. The Kier molecular flexibility index (Phi) is 5.49. The van der Waals surface area contributed by atoms with Crippen molar-refractivity contribution in [3.8, 4) is 11.5 Å². The zero-order valence-electron chi connectivity index (χ0n) is 14.5. The summed E-state index contributed by atoms with van der Waals surface area (Å²) in [6.45, 7) is 3.26. The number of rotatable bonds is 5. The van der Waals surface area contributed by atoms with Crippen molar-refractivity contribution in [3.05, 3.63) is 52.5 Å². The Morgan fingerprint density at radius 2 is 2.08 bits per heavy atom. The van der Waals surface area contributed by atoms with Crippen LogP contribution in [0.5, 0.6) is 11.5 Å². The number of nitrogens with zero attached hydrogens (tertiary/aromatic N) is 1. The number of aryl methyl sites for hydroxylation is 1. The van der Waals surface area contributed by atoms with E-state index >= 15 is 0 Å². The molecule has 2 aromatic carbocycles. The number of carbonyl (C=O) groups is 1. The lowest BCUT2D eigenvalue weighted by atomic mass is 10.0. The van der Waals surface area contributed by atoms with E-state index in [4.69, 9.17) is 21.1 Å². The summed E-state index contributed by atoms with van der Waals surface area (Å²) in [7, 11) is 1.55. The number of benzene rings is 2. The standard InChI is InChI=1S/C20H22ClNO3/c1-3-11-25-19-16(21)12-15(13-18(19)24-2)20(23)22-10-6-8-14-7-4-5-9-17(14)22/h4-5,7,9,12-13H,3,6,8,10-11H2,1-2H3. The van der Waals surface area contributed by atoms with Crippen LogP contribution in [0.1, 0.15) is 35.7 Å². The summed E-state index contributed by atoms with van der Waals surface area (Å²) < 4.78 is 11.1. The minimum atomic E-state index is -0.0746. The predicted octanol–water partition coefficient (Wildman–Crippen LogP) is 4.73. The molecule has 0 aliphatic carbocycles. The normalized spacial score (nSPS) is 13.3. The maximum Gasteiger partial charge on any atom is 0.258 e. The van der Waals surface area contributed by atoms with Gasteiger partial charge in [0, 0.05) is 17.8 Å². The molecule has 25 heavy (non-hydrogen) atoms. The van der Waals surface area contributed by atoms with Crippen molar-refractivity contribution in [1.29, 1.82) is 0 Å². The van der Waals surface area contributed by atoms with Crippen molar-refractivity contribution >= 4 is 23.2 Å². The number of amides is 1. The molecule has 1 aliphatic heterocycles. The summed E-state index contributed by atoms with van der Waals surface area (Å²) in [6, 6.07) is 11.4. The van der Waals surface area contributed by atoms with Crippen LogP contribution in [0.3, 0.4) is 0 Å². The minimum Gasteiger partial charge on any atom is -0.493 e. The van der Waals surface area contributed by atoms with Gasteiger partial charge in [-0.15, -0.1) is 0 Å². The SMILES string of the molecule is CCCOc1c(Cl)cc(C(=O)N2CCCc3ccccc32)cc1OC. The van der Waals surface area contributed by atoms with E-state index in [9.17, 15) is 4.79 Å². The lowest BCUT2D eigenvalue weighted by molar-refractivity contribution is 0.0984. The molecule has 1 aliphatic rings. The van der Waals surface area contributed by atoms with Gasteiger partial charge in [-0.2, -0.15) is 0 Å². The van der Waals surface area contributed by atoms with Gasteiger partial charge in [0.05, 0.1) is 18.7 Å². The molecule has 3 rings (SSSR count). The molecule has 132 valence electrons. The average molecular weight is 360 g/mol. The molecule has 0 spiro atoms. The largest absolute Gasteiger partial charge is 0.493 e. The van der Waals surface area contributed by atoms with E-state index < -0.39 is 0 Å². The molecule has 0 atom stereocenters. The van der Waals surface area contributed by atoms with Gasteiger partial charge in [0.2, 0.25) is 0 Å². The first-order chi connectivity index (χ1) is 12.2. The van der Waals surface area contributed by atoms with Crippen molar-refractivity contribution < 1.29 is 14.3 Å². The van der Waals surface area contributed by atoms with Gasteiger partial charge >= 0.3 is 0 Å². The molecule has 0 unspecified atom stereocenters. The Morgan fingerprint density at radius 1 is 1.28 bits per heavy atom. The molecule has 0 fully saturated rings. The zero-order chi connectivity index (χ0) is 17.8. The van der Waals surface area contributed by atoms with Crippen molar-refractivity contribution in [2.24, 2.45) is 0 Å². The second-order valence-electron chi connectivity index (χ2n) is 6.03. The van der Waals surface area contributed by atoms with Crippen LogP contribution >= 0.6 is 11.6 Å². The van der Waals surface area contributed by atoms with E-state index in [0.717, 1.165) is 24.9 Å². The van der Waals surface area contributed by atoms with E-state index in [2.05, 4.69) is 6.07 Å². The summed E-state index contributed by atoms with van der Waals surface area (Å²) in [5, 5.41) is 0.390. The van der Waals surface area contributed by atoms with Crippen LogP contribution in [-0.2, 0) is 6.42 Å². The first-order valence-electron chi connectivity index (χ1n) is 8.55. The van der Waals surface area contributed by atoms with E-state index in [1.54, 1.807) is 19.2 Å². The molecule has 0 saturated carbocycles. The molecule has 0 bridgehead atoms. The topological polar surface area (TPSA) is 38.8 Å². The fourth-order valence-electron chi connectivity index (χ4n) is 3.09. The van der Waals surface area contributed by atoms with Crippen molar-refractivity contribution in [3.63, 3.8) is 0 Å². The zero-order valence-corrected chi connectivity index (χ0v) is 15.3. The predicted molar refractivity (Wildman–Crippen MR) is 100 cm³/mol. The first kappa shape index (κ1) is 17.6. The third kappa shape index (κ3) is 3.59. The van der Waals surface area contributed by atoms with Gasteiger partial charge in [-0.1, -0.05) is 36.7 Å². The lowest BCUT2D eigenvalue weighted by Crippen LogP contribution is -2.35. The number of carbonyl (C=O) groups excluding carboxylic acids is 1. The number of anilines is 1. The van der Waals surface area contributed by atoms with Crippen molar-refractivity contribution in [2.75, 3.05) is 25.2 Å². The summed E-state index contributed by atoms with van der Waals surface area (Å²) in [4.78, 5) is 14.9. The van der Waals surface area contributed by atoms with Crippen LogP contribution in [0.2, 0.25) is 5.02 Å². The van der Waals surface area contributed by atoms with E-state index in [-0.39, 0.29) is 5.91 Å². The Balaban J connectivity index is 1.94. The number of fused-ring (bicyclic) bond motifs is 1. The summed E-state index contributed by atoms with van der Waals surface area (Å²) >= 11 is 6.36. The van der Waals surface area contributed by atoms with Gasteiger partial charge in [-0.3, -0.25) is 4.79 Å². The van der Waals surface area contributed by atoms with Crippen LogP contribution < -0.4 is 14.4 Å². The maximum atomic E-state index is 13.1. The number of hydrogen-bond donors (Lipinski definition) is 0. The molecular weight excluding hydrogens is 338 g/mol. The molecule has 4 nitrogen and oxygen atoms in total. The Labute approximate surface area is 153 Å². The van der Waals surface area contributed by atoms with E-state index in [1.165, 1.54) is 5.56 Å². The molecule has 0 aromatic heterocycles. The third-order valence-electron chi connectivity index (χ3n) is 4.28. The minimum absolute atomic E-state index is 0.0746. The van der Waals surface area contributed by atoms with Crippen molar-refractivity contribution in [2.45, 2.75) is 26.2 Å². The molecule has 1 amide bonds. The number of ether oxygens (including phenoxy) is 2. The Morgan fingerprint density at radius 3 is 2.84 bits per heavy atom. The van der Waals surface area contributed by atoms with Crippen molar-refractivity contribution in [1.82, 2.24) is 0 Å². The highest BCUT2D eigenvalue weighted by atomic mass is 35.5. The first-order valence-corrected chi connectivity index (χ1v) is 8.93. The molecule has 0 N–H and O–H groups in total. The highest BCUT2D eigenvalue weighted by Crippen LogP contribution is 2.37. The van der Waals surface area contributed by atoms with Gasteiger partial charge in [0.15, 0.2) is 11.5 Å². The summed E-state index contributed by atoms with van der Waals surface area (Å²) in [6.07, 6.45) is 2.81. The van der Waals surface area contributed by atoms with Crippen LogP contribution in [0, 0.1) is 0 Å². The van der Waals surface area contributed by atoms with Gasteiger partial charge in [-0.05, 0) is 43.0 Å². The van der Waals surface area contributed by atoms with Gasteiger partial charge < -0.3 is 14.4 Å². The quantitative estimate of drug-likeness (QED) is 0.774. The van der Waals surface area contributed by atoms with Gasteiger partial charge in [0.25, 0.3) is 5.91 Å². The molecule has 0 radical (unpaired) electrons. The molecular formula is C20H22ClNO3. The molecule has 0 saturated heterocycles. The second kappa shape index (κ2) is 7.79. The lowest BCUT2D eigenvalue weighted by Gasteiger charge is -2.29. The monoisotopic (exact) mass is 359 g/mol. The third-order valence-corrected chi connectivity index (χ3v) is 4.56. The Bertz CT molecular complexity index is 776. The number of para-hydroxylation sites is 1. The van der Waals surface area contributed by atoms with E-state index in [0.29, 0.717) is 35.2 Å². The fraction of sp³-hybridized carbons (Fsp3) is 0.350. The maximum absolute atomic E-state index is 13.1. The second-order valence-corrected chi connectivity index (χ2v) is 6.43. The van der Waals surface area contributed by atoms with Crippen LogP contribution in [0.15, 0.2) is 36.4 Å². The summed E-state index contributed by atoms with van der Waals surface area (Å²) in [5.74, 6) is 0.894. The molecule has 5 heteroatoms.